The summed E-state index contributed by atoms with van der Waals surface area (Å²) in [6.45, 7) is 0. The molecule has 0 saturated carbocycles. The van der Waals surface area contributed by atoms with E-state index < -0.39 is 5.91 Å². The summed E-state index contributed by atoms with van der Waals surface area (Å²) in [5.74, 6) is 0.212. The number of halogens is 2. The van der Waals surface area contributed by atoms with Gasteiger partial charge in [-0.05, 0) is 42.5 Å². The highest BCUT2D eigenvalue weighted by atomic mass is 79.9. The van der Waals surface area contributed by atoms with Crippen LogP contribution in [0.3, 0.4) is 0 Å². The topological polar surface area (TPSA) is 64.6 Å². The molecule has 0 atom stereocenters. The minimum Gasteiger partial charge on any atom is -0.497 e. The molecule has 3 aromatic rings. The number of methoxy groups -OCH3 is 2. The Bertz CT molecular complexity index is 1080. The van der Waals surface area contributed by atoms with Crippen LogP contribution in [-0.2, 0) is 0 Å². The first-order valence-corrected chi connectivity index (χ1v) is 9.74. The summed E-state index contributed by atoms with van der Waals surface area (Å²) in [5, 5.41) is 3.13. The zero-order valence-corrected chi connectivity index (χ0v) is 18.0. The van der Waals surface area contributed by atoms with Crippen LogP contribution < -0.4 is 14.8 Å². The number of benzene rings is 3. The molecule has 0 aliphatic rings. The third-order valence-electron chi connectivity index (χ3n) is 4.25. The van der Waals surface area contributed by atoms with Gasteiger partial charge in [0.1, 0.15) is 11.5 Å². The van der Waals surface area contributed by atoms with E-state index in [9.17, 15) is 9.59 Å². The molecule has 0 spiro atoms. The van der Waals surface area contributed by atoms with Gasteiger partial charge in [0, 0.05) is 21.7 Å². The van der Waals surface area contributed by atoms with Crippen LogP contribution in [0, 0.1) is 0 Å². The standard InChI is InChI=1S/C22H17BrClNO4/c1-28-14-8-9-16(20(12-14)29-2)22(27)25-19-10-7-13(23)11-17(19)21(26)15-5-3-4-6-18(15)24/h3-12H,1-2H3,(H,25,27). The van der Waals surface area contributed by atoms with Crippen molar-refractivity contribution in [1.29, 1.82) is 0 Å². The lowest BCUT2D eigenvalue weighted by Crippen LogP contribution is -2.16. The number of carbonyl (C=O) groups excluding carboxylic acids is 2. The Hall–Kier alpha value is -2.83. The summed E-state index contributed by atoms with van der Waals surface area (Å²) in [5.41, 5.74) is 1.34. The molecule has 5 nitrogen and oxygen atoms in total. The lowest BCUT2D eigenvalue weighted by Gasteiger charge is -2.14. The van der Waals surface area contributed by atoms with E-state index >= 15 is 0 Å². The minimum atomic E-state index is -0.417. The van der Waals surface area contributed by atoms with Gasteiger partial charge in [-0.3, -0.25) is 9.59 Å². The summed E-state index contributed by atoms with van der Waals surface area (Å²) < 4.78 is 11.2. The van der Waals surface area contributed by atoms with Crippen LogP contribution in [0.25, 0.3) is 0 Å². The van der Waals surface area contributed by atoms with Gasteiger partial charge in [0.15, 0.2) is 5.78 Å². The molecule has 0 aromatic heterocycles. The second-order valence-corrected chi connectivity index (χ2v) is 7.34. The molecule has 1 amide bonds. The number of hydrogen-bond acceptors (Lipinski definition) is 4. The van der Waals surface area contributed by atoms with Crippen LogP contribution in [0.15, 0.2) is 65.1 Å². The lowest BCUT2D eigenvalue weighted by molar-refractivity contribution is 0.102. The Morgan fingerprint density at radius 2 is 1.66 bits per heavy atom. The van der Waals surface area contributed by atoms with Crippen molar-refractivity contribution in [1.82, 2.24) is 0 Å². The Balaban J connectivity index is 1.98. The Morgan fingerprint density at radius 3 is 2.34 bits per heavy atom. The average Bonchev–Trinajstić information content (AvgIpc) is 2.74. The van der Waals surface area contributed by atoms with Gasteiger partial charge < -0.3 is 14.8 Å². The fourth-order valence-corrected chi connectivity index (χ4v) is 3.36. The maximum absolute atomic E-state index is 13.1. The number of carbonyl (C=O) groups is 2. The average molecular weight is 475 g/mol. The summed E-state index contributed by atoms with van der Waals surface area (Å²) in [6, 6.07) is 16.7. The normalized spacial score (nSPS) is 10.3. The van der Waals surface area contributed by atoms with Crippen molar-refractivity contribution in [2.24, 2.45) is 0 Å². The van der Waals surface area contributed by atoms with E-state index in [-0.39, 0.29) is 5.78 Å². The summed E-state index contributed by atoms with van der Waals surface area (Å²) >= 11 is 9.56. The largest absolute Gasteiger partial charge is 0.497 e. The SMILES string of the molecule is COc1ccc(C(=O)Nc2ccc(Br)cc2C(=O)c2ccccc2Cl)c(OC)c1. The molecule has 0 aliphatic heterocycles. The maximum Gasteiger partial charge on any atom is 0.259 e. The zero-order chi connectivity index (χ0) is 21.0. The van der Waals surface area contributed by atoms with Gasteiger partial charge in [-0.25, -0.2) is 0 Å². The van der Waals surface area contributed by atoms with Crippen molar-refractivity contribution in [3.63, 3.8) is 0 Å². The molecular weight excluding hydrogens is 458 g/mol. The quantitative estimate of drug-likeness (QED) is 0.472. The van der Waals surface area contributed by atoms with E-state index in [0.717, 1.165) is 0 Å². The molecule has 3 aromatic carbocycles. The monoisotopic (exact) mass is 473 g/mol. The molecular formula is C22H17BrClNO4. The first kappa shape index (κ1) is 20.9. The molecule has 7 heteroatoms. The van der Waals surface area contributed by atoms with E-state index in [1.54, 1.807) is 60.7 Å². The summed E-state index contributed by atoms with van der Waals surface area (Å²) in [4.78, 5) is 25.9. The molecule has 3 rings (SSSR count). The summed E-state index contributed by atoms with van der Waals surface area (Å²) in [6.07, 6.45) is 0. The van der Waals surface area contributed by atoms with E-state index in [1.807, 2.05) is 0 Å². The van der Waals surface area contributed by atoms with Crippen molar-refractivity contribution in [3.8, 4) is 11.5 Å². The molecule has 0 saturated heterocycles. The number of nitrogens with one attached hydrogen (secondary N) is 1. The zero-order valence-electron chi connectivity index (χ0n) is 15.7. The number of hydrogen-bond donors (Lipinski definition) is 1. The van der Waals surface area contributed by atoms with Crippen LogP contribution in [0.4, 0.5) is 5.69 Å². The van der Waals surface area contributed by atoms with Crippen LogP contribution in [0.1, 0.15) is 26.3 Å². The van der Waals surface area contributed by atoms with Crippen molar-refractivity contribution in [3.05, 3.63) is 86.8 Å². The van der Waals surface area contributed by atoms with Crippen LogP contribution in [0.5, 0.6) is 11.5 Å². The molecule has 0 heterocycles. The molecule has 0 aliphatic carbocycles. The molecule has 0 fully saturated rings. The van der Waals surface area contributed by atoms with Crippen LogP contribution >= 0.6 is 27.5 Å². The van der Waals surface area contributed by atoms with E-state index in [2.05, 4.69) is 21.2 Å². The van der Waals surface area contributed by atoms with Gasteiger partial charge in [-0.15, -0.1) is 0 Å². The Labute approximate surface area is 181 Å². The first-order valence-electron chi connectivity index (χ1n) is 8.56. The minimum absolute atomic E-state index is 0.297. The second-order valence-electron chi connectivity index (χ2n) is 6.02. The number of anilines is 1. The maximum atomic E-state index is 13.1. The van der Waals surface area contributed by atoms with E-state index in [4.69, 9.17) is 21.1 Å². The van der Waals surface area contributed by atoms with Crippen LogP contribution in [-0.4, -0.2) is 25.9 Å². The Kier molecular flexibility index (Phi) is 6.56. The molecule has 0 unspecified atom stereocenters. The molecule has 148 valence electrons. The number of amides is 1. The van der Waals surface area contributed by atoms with Crippen LogP contribution in [0.2, 0.25) is 5.02 Å². The fraction of sp³-hybridized carbons (Fsp3) is 0.0909. The fourth-order valence-electron chi connectivity index (χ4n) is 2.78. The highest BCUT2D eigenvalue weighted by Gasteiger charge is 2.20. The third-order valence-corrected chi connectivity index (χ3v) is 5.07. The molecule has 29 heavy (non-hydrogen) atoms. The van der Waals surface area contributed by atoms with Gasteiger partial charge in [0.25, 0.3) is 5.91 Å². The number of ether oxygens (including phenoxy) is 2. The number of rotatable bonds is 6. The predicted octanol–water partition coefficient (Wildman–Crippen LogP) is 5.60. The summed E-state index contributed by atoms with van der Waals surface area (Å²) in [7, 11) is 3.00. The highest BCUT2D eigenvalue weighted by molar-refractivity contribution is 9.10. The van der Waals surface area contributed by atoms with Gasteiger partial charge in [-0.2, -0.15) is 0 Å². The van der Waals surface area contributed by atoms with Gasteiger partial charge in [0.2, 0.25) is 0 Å². The van der Waals surface area contributed by atoms with E-state index in [1.165, 1.54) is 14.2 Å². The second kappa shape index (κ2) is 9.11. The number of ketones is 1. The molecule has 0 radical (unpaired) electrons. The lowest BCUT2D eigenvalue weighted by atomic mass is 10.0. The first-order chi connectivity index (χ1) is 13.9. The third kappa shape index (κ3) is 4.60. The van der Waals surface area contributed by atoms with E-state index in [0.29, 0.717) is 43.4 Å². The molecule has 1 N–H and O–H groups in total. The van der Waals surface area contributed by atoms with Crippen molar-refractivity contribution in [2.75, 3.05) is 19.5 Å². The van der Waals surface area contributed by atoms with Gasteiger partial charge in [0.05, 0.1) is 30.5 Å². The highest BCUT2D eigenvalue weighted by Crippen LogP contribution is 2.29. The van der Waals surface area contributed by atoms with Crippen molar-refractivity contribution >= 4 is 44.9 Å². The Morgan fingerprint density at radius 1 is 0.897 bits per heavy atom. The van der Waals surface area contributed by atoms with Crippen molar-refractivity contribution in [2.45, 2.75) is 0 Å². The van der Waals surface area contributed by atoms with Gasteiger partial charge in [-0.1, -0.05) is 39.7 Å². The van der Waals surface area contributed by atoms with Crippen molar-refractivity contribution < 1.29 is 19.1 Å². The van der Waals surface area contributed by atoms with Gasteiger partial charge >= 0.3 is 0 Å². The smallest absolute Gasteiger partial charge is 0.259 e. The predicted molar refractivity (Wildman–Crippen MR) is 117 cm³/mol. The molecule has 0 bridgehead atoms.